The first-order chi connectivity index (χ1) is 7.41. The zero-order valence-electron chi connectivity index (χ0n) is 9.81. The van der Waals surface area contributed by atoms with E-state index >= 15 is 0 Å². The van der Waals surface area contributed by atoms with Gasteiger partial charge in [0.1, 0.15) is 0 Å². The van der Waals surface area contributed by atoms with Crippen molar-refractivity contribution in [3.05, 3.63) is 0 Å². The molecule has 6 nitrogen and oxygen atoms in total. The maximum absolute atomic E-state index is 10.7. The van der Waals surface area contributed by atoms with Gasteiger partial charge in [0.2, 0.25) is 5.91 Å². The number of carboxylic acids is 1. The number of rotatable bonds is 9. The normalized spacial score (nSPS) is 11.0. The first-order valence-electron chi connectivity index (χ1n) is 5.22. The Morgan fingerprint density at radius 3 is 2.44 bits per heavy atom. The standard InChI is InChI=1S/C10H20N2O4/c1-8(2)7-16-4-3-12(5-9(11)13)6-10(14)15/h8H,3-7H2,1-2H3,(H2,11,13)(H,14,15). The second kappa shape index (κ2) is 8.06. The van der Waals surface area contributed by atoms with E-state index in [4.69, 9.17) is 15.6 Å². The summed E-state index contributed by atoms with van der Waals surface area (Å²) >= 11 is 0. The van der Waals surface area contributed by atoms with Crippen molar-refractivity contribution in [2.24, 2.45) is 11.7 Å². The molecular formula is C10H20N2O4. The number of ether oxygens (including phenoxy) is 1. The van der Waals surface area contributed by atoms with Crippen molar-refractivity contribution < 1.29 is 19.4 Å². The number of hydrogen-bond donors (Lipinski definition) is 2. The van der Waals surface area contributed by atoms with Gasteiger partial charge in [-0.15, -0.1) is 0 Å². The summed E-state index contributed by atoms with van der Waals surface area (Å²) in [4.78, 5) is 22.6. The molecule has 0 saturated heterocycles. The molecule has 0 atom stereocenters. The maximum Gasteiger partial charge on any atom is 0.317 e. The van der Waals surface area contributed by atoms with Crippen LogP contribution in [-0.2, 0) is 14.3 Å². The summed E-state index contributed by atoms with van der Waals surface area (Å²) in [7, 11) is 0. The maximum atomic E-state index is 10.7. The lowest BCUT2D eigenvalue weighted by molar-refractivity contribution is -0.138. The molecule has 0 unspecified atom stereocenters. The van der Waals surface area contributed by atoms with Crippen molar-refractivity contribution in [1.29, 1.82) is 0 Å². The van der Waals surface area contributed by atoms with Crippen LogP contribution in [0.1, 0.15) is 13.8 Å². The monoisotopic (exact) mass is 232 g/mol. The number of primary amides is 1. The number of hydrogen-bond acceptors (Lipinski definition) is 4. The number of amides is 1. The van der Waals surface area contributed by atoms with Gasteiger partial charge in [0, 0.05) is 13.2 Å². The molecule has 0 aromatic rings. The summed E-state index contributed by atoms with van der Waals surface area (Å²) in [6.45, 7) is 5.21. The lowest BCUT2D eigenvalue weighted by Crippen LogP contribution is -2.39. The fraction of sp³-hybridized carbons (Fsp3) is 0.800. The van der Waals surface area contributed by atoms with Crippen LogP contribution in [0.25, 0.3) is 0 Å². The molecule has 16 heavy (non-hydrogen) atoms. The van der Waals surface area contributed by atoms with E-state index in [1.807, 2.05) is 13.8 Å². The van der Waals surface area contributed by atoms with Crippen molar-refractivity contribution in [2.75, 3.05) is 32.8 Å². The number of carboxylic acid groups (broad SMARTS) is 1. The van der Waals surface area contributed by atoms with Crippen LogP contribution in [0, 0.1) is 5.92 Å². The molecular weight excluding hydrogens is 212 g/mol. The molecule has 0 aliphatic carbocycles. The lowest BCUT2D eigenvalue weighted by Gasteiger charge is -2.18. The van der Waals surface area contributed by atoms with Gasteiger partial charge >= 0.3 is 5.97 Å². The van der Waals surface area contributed by atoms with Crippen molar-refractivity contribution in [1.82, 2.24) is 4.90 Å². The topological polar surface area (TPSA) is 92.9 Å². The molecule has 0 radical (unpaired) electrons. The lowest BCUT2D eigenvalue weighted by atomic mass is 10.2. The van der Waals surface area contributed by atoms with Gasteiger partial charge in [0.05, 0.1) is 19.7 Å². The Kier molecular flexibility index (Phi) is 7.49. The number of carbonyl (C=O) groups is 2. The summed E-state index contributed by atoms with van der Waals surface area (Å²) in [6, 6.07) is 0. The molecule has 0 bridgehead atoms. The van der Waals surface area contributed by atoms with E-state index < -0.39 is 11.9 Å². The summed E-state index contributed by atoms with van der Waals surface area (Å²) in [6.07, 6.45) is 0. The van der Waals surface area contributed by atoms with E-state index in [2.05, 4.69) is 0 Å². The van der Waals surface area contributed by atoms with Crippen molar-refractivity contribution in [3.63, 3.8) is 0 Å². The molecule has 0 fully saturated rings. The van der Waals surface area contributed by atoms with E-state index in [0.717, 1.165) is 0 Å². The summed E-state index contributed by atoms with van der Waals surface area (Å²) in [5, 5.41) is 8.61. The minimum absolute atomic E-state index is 0.0582. The predicted octanol–water partition coefficient (Wildman–Crippen LogP) is -0.469. The SMILES string of the molecule is CC(C)COCCN(CC(N)=O)CC(=O)O. The Labute approximate surface area is 95.4 Å². The molecule has 0 aromatic carbocycles. The highest BCUT2D eigenvalue weighted by atomic mass is 16.5. The Balaban J connectivity index is 3.82. The average Bonchev–Trinajstić information content (AvgIpc) is 2.09. The van der Waals surface area contributed by atoms with Crippen LogP contribution < -0.4 is 5.73 Å². The first-order valence-corrected chi connectivity index (χ1v) is 5.22. The molecule has 0 heterocycles. The molecule has 3 N–H and O–H groups in total. The van der Waals surface area contributed by atoms with Gasteiger partial charge in [-0.25, -0.2) is 0 Å². The molecule has 0 aliphatic rings. The van der Waals surface area contributed by atoms with Crippen LogP contribution >= 0.6 is 0 Å². The number of aliphatic carboxylic acids is 1. The van der Waals surface area contributed by atoms with Gasteiger partial charge in [-0.1, -0.05) is 13.8 Å². The van der Waals surface area contributed by atoms with E-state index in [1.54, 1.807) is 0 Å². The van der Waals surface area contributed by atoms with Crippen LogP contribution in [-0.4, -0.2) is 54.7 Å². The van der Waals surface area contributed by atoms with Crippen LogP contribution in [0.5, 0.6) is 0 Å². The predicted molar refractivity (Wildman–Crippen MR) is 58.9 cm³/mol. The van der Waals surface area contributed by atoms with Crippen LogP contribution in [0.4, 0.5) is 0 Å². The van der Waals surface area contributed by atoms with E-state index in [-0.39, 0.29) is 13.1 Å². The van der Waals surface area contributed by atoms with E-state index in [9.17, 15) is 9.59 Å². The third-order valence-corrected chi connectivity index (χ3v) is 1.74. The second-order valence-electron chi connectivity index (χ2n) is 4.04. The Hall–Kier alpha value is -1.14. The van der Waals surface area contributed by atoms with Crippen LogP contribution in [0.15, 0.2) is 0 Å². The third-order valence-electron chi connectivity index (χ3n) is 1.74. The Morgan fingerprint density at radius 1 is 1.38 bits per heavy atom. The number of nitrogens with zero attached hydrogens (tertiary/aromatic N) is 1. The van der Waals surface area contributed by atoms with Gasteiger partial charge in [-0.05, 0) is 5.92 Å². The van der Waals surface area contributed by atoms with Crippen LogP contribution in [0.2, 0.25) is 0 Å². The highest BCUT2D eigenvalue weighted by molar-refractivity contribution is 5.77. The molecule has 94 valence electrons. The first kappa shape index (κ1) is 14.9. The largest absolute Gasteiger partial charge is 0.480 e. The van der Waals surface area contributed by atoms with Gasteiger partial charge in [0.15, 0.2) is 0 Å². The number of carbonyl (C=O) groups excluding carboxylic acids is 1. The van der Waals surface area contributed by atoms with E-state index in [1.165, 1.54) is 4.90 Å². The quantitative estimate of drug-likeness (QED) is 0.524. The fourth-order valence-corrected chi connectivity index (χ4v) is 1.14. The van der Waals surface area contributed by atoms with Gasteiger partial charge in [-0.2, -0.15) is 0 Å². The van der Waals surface area contributed by atoms with Crippen molar-refractivity contribution >= 4 is 11.9 Å². The average molecular weight is 232 g/mol. The molecule has 0 spiro atoms. The number of nitrogens with two attached hydrogens (primary N) is 1. The Bertz CT molecular complexity index is 215. The molecule has 0 aliphatic heterocycles. The van der Waals surface area contributed by atoms with Gasteiger partial charge in [0.25, 0.3) is 0 Å². The molecule has 0 saturated carbocycles. The minimum Gasteiger partial charge on any atom is -0.480 e. The second-order valence-corrected chi connectivity index (χ2v) is 4.04. The van der Waals surface area contributed by atoms with E-state index in [0.29, 0.717) is 25.7 Å². The van der Waals surface area contributed by atoms with Crippen molar-refractivity contribution in [3.8, 4) is 0 Å². The molecule has 0 aromatic heterocycles. The van der Waals surface area contributed by atoms with Crippen LogP contribution in [0.3, 0.4) is 0 Å². The highest BCUT2D eigenvalue weighted by Crippen LogP contribution is 1.94. The zero-order valence-corrected chi connectivity index (χ0v) is 9.81. The van der Waals surface area contributed by atoms with Crippen molar-refractivity contribution in [2.45, 2.75) is 13.8 Å². The Morgan fingerprint density at radius 2 is 2.00 bits per heavy atom. The molecule has 1 amide bonds. The third kappa shape index (κ3) is 9.42. The minimum atomic E-state index is -0.981. The summed E-state index contributed by atoms with van der Waals surface area (Å²) in [5.41, 5.74) is 5.01. The molecule has 6 heteroatoms. The fourth-order valence-electron chi connectivity index (χ4n) is 1.14. The zero-order chi connectivity index (χ0) is 12.6. The smallest absolute Gasteiger partial charge is 0.317 e. The summed E-state index contributed by atoms with van der Waals surface area (Å²) < 4.78 is 5.30. The highest BCUT2D eigenvalue weighted by Gasteiger charge is 2.11. The summed E-state index contributed by atoms with van der Waals surface area (Å²) in [5.74, 6) is -1.08. The van der Waals surface area contributed by atoms with Gasteiger partial charge < -0.3 is 15.6 Å². The molecule has 0 rings (SSSR count). The van der Waals surface area contributed by atoms with Gasteiger partial charge in [-0.3, -0.25) is 14.5 Å².